The molecule has 0 saturated carbocycles. The van der Waals surface area contributed by atoms with Gasteiger partial charge in [0, 0.05) is 37.4 Å². The van der Waals surface area contributed by atoms with Gasteiger partial charge < -0.3 is 15.5 Å². The number of hydrogen-bond donors (Lipinski definition) is 3. The molecule has 2 heterocycles. The molecule has 31 heavy (non-hydrogen) atoms. The molecular formula is C21H21F2N7O. The summed E-state index contributed by atoms with van der Waals surface area (Å²) in [6, 6.07) is 11.6. The third kappa shape index (κ3) is 4.63. The Morgan fingerprint density at radius 1 is 0.871 bits per heavy atom. The number of hydrogen-bond acceptors (Lipinski definition) is 7. The number of nitrogens with two attached hydrogens (primary N) is 1. The van der Waals surface area contributed by atoms with E-state index in [2.05, 4.69) is 25.7 Å². The number of rotatable bonds is 5. The van der Waals surface area contributed by atoms with Gasteiger partial charge in [-0.05, 0) is 48.5 Å². The van der Waals surface area contributed by atoms with Crippen LogP contribution in [0.2, 0.25) is 0 Å². The second kappa shape index (κ2) is 8.82. The van der Waals surface area contributed by atoms with Crippen molar-refractivity contribution in [3.8, 4) is 0 Å². The van der Waals surface area contributed by atoms with Crippen LogP contribution in [0.3, 0.4) is 0 Å². The van der Waals surface area contributed by atoms with Crippen molar-refractivity contribution in [3.63, 3.8) is 0 Å². The smallest absolute Gasteiger partial charge is 0.269 e. The van der Waals surface area contributed by atoms with Crippen LogP contribution in [-0.2, 0) is 0 Å². The lowest BCUT2D eigenvalue weighted by molar-refractivity contribution is 0.0962. The predicted octanol–water partition coefficient (Wildman–Crippen LogP) is 2.42. The Morgan fingerprint density at radius 3 is 2.10 bits per heavy atom. The lowest BCUT2D eigenvalue weighted by atomic mass is 10.2. The van der Waals surface area contributed by atoms with Crippen LogP contribution in [0.15, 0.2) is 54.9 Å². The van der Waals surface area contributed by atoms with E-state index < -0.39 is 11.7 Å². The molecule has 2 aromatic carbocycles. The summed E-state index contributed by atoms with van der Waals surface area (Å²) in [5, 5.41) is 0. The first-order chi connectivity index (χ1) is 15.0. The number of nitrogens with zero attached hydrogens (tertiary/aromatic N) is 4. The number of amides is 1. The summed E-state index contributed by atoms with van der Waals surface area (Å²) in [7, 11) is 0. The summed E-state index contributed by atoms with van der Waals surface area (Å²) >= 11 is 0. The van der Waals surface area contributed by atoms with Crippen molar-refractivity contribution in [2.45, 2.75) is 0 Å². The Hall–Kier alpha value is -3.95. The van der Waals surface area contributed by atoms with Crippen LogP contribution in [-0.4, -0.2) is 42.1 Å². The van der Waals surface area contributed by atoms with Crippen molar-refractivity contribution in [2.75, 3.05) is 47.1 Å². The summed E-state index contributed by atoms with van der Waals surface area (Å²) in [5.41, 5.74) is 13.0. The normalized spacial score (nSPS) is 13.7. The number of hydrazine groups is 1. The molecule has 3 aromatic rings. The summed E-state index contributed by atoms with van der Waals surface area (Å²) in [6.45, 7) is 2.78. The van der Waals surface area contributed by atoms with E-state index in [1.54, 1.807) is 12.1 Å². The Balaban J connectivity index is 1.39. The number of anilines is 4. The van der Waals surface area contributed by atoms with Gasteiger partial charge in [-0.25, -0.2) is 18.7 Å². The molecule has 8 nitrogen and oxygen atoms in total. The van der Waals surface area contributed by atoms with E-state index in [0.29, 0.717) is 30.2 Å². The average molecular weight is 425 g/mol. The molecule has 160 valence electrons. The number of piperazine rings is 1. The fourth-order valence-corrected chi connectivity index (χ4v) is 3.36. The second-order valence-corrected chi connectivity index (χ2v) is 7.00. The fourth-order valence-electron chi connectivity index (χ4n) is 3.36. The van der Waals surface area contributed by atoms with Gasteiger partial charge in [-0.1, -0.05) is 0 Å². The SMILES string of the molecule is Nc1c(NNC(=O)c2ccc(F)cc2)ncnc1N1CCN(c2ccc(F)cc2)CC1. The minimum absolute atomic E-state index is 0.261. The van der Waals surface area contributed by atoms with Gasteiger partial charge in [-0.3, -0.25) is 15.6 Å². The van der Waals surface area contributed by atoms with E-state index in [0.717, 1.165) is 18.8 Å². The standard InChI is InChI=1S/C21H21F2N7O/c22-15-3-1-14(2-4-15)21(31)28-27-19-18(24)20(26-13-25-19)30-11-9-29(10-12-30)17-7-5-16(23)6-8-17/h1-8,13H,9-12,24H2,(H,28,31)(H,25,26,27). The fraction of sp³-hybridized carbons (Fsp3) is 0.190. The van der Waals surface area contributed by atoms with Crippen LogP contribution in [0.25, 0.3) is 0 Å². The van der Waals surface area contributed by atoms with E-state index >= 15 is 0 Å². The molecule has 10 heteroatoms. The van der Waals surface area contributed by atoms with Crippen LogP contribution in [0.4, 0.5) is 31.8 Å². The minimum atomic E-state index is -0.451. The largest absolute Gasteiger partial charge is 0.393 e. The zero-order chi connectivity index (χ0) is 21.8. The number of nitrogens with one attached hydrogen (secondary N) is 2. The molecule has 1 amide bonds. The van der Waals surface area contributed by atoms with Crippen LogP contribution < -0.4 is 26.4 Å². The first-order valence-electron chi connectivity index (χ1n) is 9.69. The average Bonchev–Trinajstić information content (AvgIpc) is 2.79. The quantitative estimate of drug-likeness (QED) is 0.540. The van der Waals surface area contributed by atoms with E-state index in [-0.39, 0.29) is 11.6 Å². The number of carbonyl (C=O) groups excluding carboxylic acids is 1. The maximum absolute atomic E-state index is 13.1. The predicted molar refractivity (Wildman–Crippen MR) is 115 cm³/mol. The molecule has 0 spiro atoms. The van der Waals surface area contributed by atoms with Gasteiger partial charge >= 0.3 is 0 Å². The van der Waals surface area contributed by atoms with Gasteiger partial charge in [-0.15, -0.1) is 0 Å². The van der Waals surface area contributed by atoms with E-state index in [4.69, 9.17) is 5.73 Å². The summed E-state index contributed by atoms with van der Waals surface area (Å²) in [6.07, 6.45) is 1.37. The molecule has 1 fully saturated rings. The lowest BCUT2D eigenvalue weighted by Crippen LogP contribution is -2.47. The van der Waals surface area contributed by atoms with Crippen LogP contribution in [0, 0.1) is 11.6 Å². The maximum Gasteiger partial charge on any atom is 0.269 e. The molecule has 1 aliphatic rings. The Kier molecular flexibility index (Phi) is 5.78. The van der Waals surface area contributed by atoms with Crippen LogP contribution in [0.5, 0.6) is 0 Å². The number of benzene rings is 2. The highest BCUT2D eigenvalue weighted by atomic mass is 19.1. The lowest BCUT2D eigenvalue weighted by Gasteiger charge is -2.37. The molecular weight excluding hydrogens is 404 g/mol. The van der Waals surface area contributed by atoms with Crippen LogP contribution in [0.1, 0.15) is 10.4 Å². The highest BCUT2D eigenvalue weighted by Crippen LogP contribution is 2.27. The number of nitrogen functional groups attached to an aromatic ring is 1. The van der Waals surface area contributed by atoms with E-state index in [9.17, 15) is 13.6 Å². The zero-order valence-electron chi connectivity index (χ0n) is 16.6. The Morgan fingerprint density at radius 2 is 1.45 bits per heavy atom. The highest BCUT2D eigenvalue weighted by molar-refractivity contribution is 5.95. The van der Waals surface area contributed by atoms with Gasteiger partial charge in [0.2, 0.25) is 0 Å². The van der Waals surface area contributed by atoms with Crippen molar-refractivity contribution in [3.05, 3.63) is 72.1 Å². The molecule has 0 unspecified atom stereocenters. The van der Waals surface area contributed by atoms with Crippen molar-refractivity contribution in [1.82, 2.24) is 15.4 Å². The monoisotopic (exact) mass is 425 g/mol. The number of carbonyl (C=O) groups is 1. The van der Waals surface area contributed by atoms with Crippen molar-refractivity contribution >= 4 is 28.9 Å². The number of aromatic nitrogens is 2. The van der Waals surface area contributed by atoms with Gasteiger partial charge in [-0.2, -0.15) is 0 Å². The minimum Gasteiger partial charge on any atom is -0.393 e. The van der Waals surface area contributed by atoms with E-state index in [1.807, 2.05) is 4.90 Å². The molecule has 0 radical (unpaired) electrons. The summed E-state index contributed by atoms with van der Waals surface area (Å²) < 4.78 is 26.2. The van der Waals surface area contributed by atoms with Crippen molar-refractivity contribution in [1.29, 1.82) is 0 Å². The first kappa shape index (κ1) is 20.3. The first-order valence-corrected chi connectivity index (χ1v) is 9.69. The molecule has 1 saturated heterocycles. The molecule has 0 aliphatic carbocycles. The van der Waals surface area contributed by atoms with Crippen LogP contribution >= 0.6 is 0 Å². The second-order valence-electron chi connectivity index (χ2n) is 7.00. The van der Waals surface area contributed by atoms with E-state index in [1.165, 1.54) is 42.7 Å². The molecule has 1 aromatic heterocycles. The Labute approximate surface area is 177 Å². The molecule has 1 aliphatic heterocycles. The maximum atomic E-state index is 13.1. The third-order valence-corrected chi connectivity index (χ3v) is 5.03. The van der Waals surface area contributed by atoms with Gasteiger partial charge in [0.25, 0.3) is 5.91 Å². The van der Waals surface area contributed by atoms with Gasteiger partial charge in [0.1, 0.15) is 23.6 Å². The molecule has 0 atom stereocenters. The van der Waals surface area contributed by atoms with Gasteiger partial charge in [0.05, 0.1) is 0 Å². The molecule has 0 bridgehead atoms. The van der Waals surface area contributed by atoms with Crippen molar-refractivity contribution < 1.29 is 13.6 Å². The zero-order valence-corrected chi connectivity index (χ0v) is 16.6. The summed E-state index contributed by atoms with van der Waals surface area (Å²) in [4.78, 5) is 24.8. The highest BCUT2D eigenvalue weighted by Gasteiger charge is 2.21. The topological polar surface area (TPSA) is 99.4 Å². The van der Waals surface area contributed by atoms with Gasteiger partial charge in [0.15, 0.2) is 11.6 Å². The summed E-state index contributed by atoms with van der Waals surface area (Å²) in [5.74, 6) is -0.308. The molecule has 4 N–H and O–H groups in total. The number of halogens is 2. The Bertz CT molecular complexity index is 1050. The third-order valence-electron chi connectivity index (χ3n) is 5.03. The van der Waals surface area contributed by atoms with Crippen molar-refractivity contribution in [2.24, 2.45) is 0 Å². The molecule has 4 rings (SSSR count).